The van der Waals surface area contributed by atoms with Crippen LogP contribution in [0.2, 0.25) is 0 Å². The second-order valence-electron chi connectivity index (χ2n) is 4.33. The van der Waals surface area contributed by atoms with Crippen LogP contribution in [-0.2, 0) is 19.0 Å². The molecule has 0 amide bonds. The van der Waals surface area contributed by atoms with Crippen molar-refractivity contribution in [2.45, 2.75) is 44.0 Å². The molecule has 16 heavy (non-hydrogen) atoms. The summed E-state index contributed by atoms with van der Waals surface area (Å²) >= 11 is 0. The lowest BCUT2D eigenvalue weighted by Gasteiger charge is -2.14. The first-order valence-electron chi connectivity index (χ1n) is 5.83. The highest BCUT2D eigenvalue weighted by Gasteiger charge is 2.30. The average Bonchev–Trinajstić information content (AvgIpc) is 2.87. The Hall–Kier alpha value is -0.650. The summed E-state index contributed by atoms with van der Waals surface area (Å²) in [4.78, 5) is 10.6. The molecule has 0 bridgehead atoms. The molecule has 5 nitrogen and oxygen atoms in total. The van der Waals surface area contributed by atoms with E-state index in [1.54, 1.807) is 0 Å². The second kappa shape index (κ2) is 5.61. The molecule has 0 spiro atoms. The molecule has 0 aromatic heterocycles. The molecule has 0 saturated carbocycles. The molecule has 1 N–H and O–H groups in total. The predicted octanol–water partition coefficient (Wildman–Crippen LogP) is 0.814. The Morgan fingerprint density at radius 2 is 2.06 bits per heavy atom. The van der Waals surface area contributed by atoms with Crippen LogP contribution < -0.4 is 0 Å². The van der Waals surface area contributed by atoms with Crippen LogP contribution >= 0.6 is 0 Å². The van der Waals surface area contributed by atoms with Crippen molar-refractivity contribution in [1.29, 1.82) is 0 Å². The maximum absolute atomic E-state index is 10.6. The van der Waals surface area contributed by atoms with Crippen molar-refractivity contribution in [3.05, 3.63) is 0 Å². The Bertz CT molecular complexity index is 237. The van der Waals surface area contributed by atoms with Crippen molar-refractivity contribution in [3.8, 4) is 0 Å². The maximum atomic E-state index is 10.6. The molecule has 3 atom stereocenters. The van der Waals surface area contributed by atoms with Crippen molar-refractivity contribution in [1.82, 2.24) is 0 Å². The highest BCUT2D eigenvalue weighted by molar-refractivity contribution is 5.72. The summed E-state index contributed by atoms with van der Waals surface area (Å²) in [6.07, 6.45) is 3.03. The van der Waals surface area contributed by atoms with Gasteiger partial charge in [0.2, 0.25) is 0 Å². The Balaban J connectivity index is 1.58. The van der Waals surface area contributed by atoms with Gasteiger partial charge in [-0.15, -0.1) is 0 Å². The maximum Gasteiger partial charge on any atom is 0.332 e. The zero-order valence-corrected chi connectivity index (χ0v) is 9.26. The molecule has 2 fully saturated rings. The smallest absolute Gasteiger partial charge is 0.332 e. The molecule has 3 unspecified atom stereocenters. The van der Waals surface area contributed by atoms with E-state index in [0.717, 1.165) is 25.9 Å². The Labute approximate surface area is 94.7 Å². The van der Waals surface area contributed by atoms with Gasteiger partial charge >= 0.3 is 5.97 Å². The molecule has 0 aromatic rings. The molecule has 2 aliphatic heterocycles. The zero-order chi connectivity index (χ0) is 11.4. The van der Waals surface area contributed by atoms with Gasteiger partial charge in [-0.2, -0.15) is 0 Å². The molecule has 5 heteroatoms. The first-order valence-corrected chi connectivity index (χ1v) is 5.83. The first kappa shape index (κ1) is 11.8. The van der Waals surface area contributed by atoms with Crippen molar-refractivity contribution >= 4 is 5.97 Å². The summed E-state index contributed by atoms with van der Waals surface area (Å²) in [6.45, 7) is 1.90. The Morgan fingerprint density at radius 1 is 1.25 bits per heavy atom. The molecule has 2 saturated heterocycles. The third kappa shape index (κ3) is 3.17. The Morgan fingerprint density at radius 3 is 2.69 bits per heavy atom. The quantitative estimate of drug-likeness (QED) is 0.757. The van der Waals surface area contributed by atoms with Crippen LogP contribution in [0.25, 0.3) is 0 Å². The number of aliphatic carboxylic acids is 1. The van der Waals surface area contributed by atoms with Crippen molar-refractivity contribution < 1.29 is 24.1 Å². The standard InChI is InChI=1S/C11H18O5/c12-11(13)10-4-3-9(16-10)7-14-6-8-2-1-5-15-8/h8-10H,1-7H2,(H,12,13). The average molecular weight is 230 g/mol. The van der Waals surface area contributed by atoms with E-state index in [4.69, 9.17) is 19.3 Å². The van der Waals surface area contributed by atoms with Crippen LogP contribution in [0, 0.1) is 0 Å². The van der Waals surface area contributed by atoms with Crippen LogP contribution in [-0.4, -0.2) is 49.2 Å². The van der Waals surface area contributed by atoms with E-state index in [1.165, 1.54) is 0 Å². The lowest BCUT2D eigenvalue weighted by Crippen LogP contribution is -2.24. The Kier molecular flexibility index (Phi) is 4.15. The van der Waals surface area contributed by atoms with Gasteiger partial charge in [-0.3, -0.25) is 0 Å². The molecule has 2 aliphatic rings. The largest absolute Gasteiger partial charge is 0.479 e. The normalized spacial score (nSPS) is 34.4. The van der Waals surface area contributed by atoms with Gasteiger partial charge in [-0.05, 0) is 25.7 Å². The molecule has 0 radical (unpaired) electrons. The predicted molar refractivity (Wildman–Crippen MR) is 55.3 cm³/mol. The van der Waals surface area contributed by atoms with Crippen LogP contribution in [0.4, 0.5) is 0 Å². The number of carboxylic acids is 1. The fourth-order valence-electron chi connectivity index (χ4n) is 2.12. The highest BCUT2D eigenvalue weighted by Crippen LogP contribution is 2.20. The molecule has 92 valence electrons. The first-order chi connectivity index (χ1) is 7.75. The van der Waals surface area contributed by atoms with Crippen LogP contribution in [0.3, 0.4) is 0 Å². The summed E-state index contributed by atoms with van der Waals surface area (Å²) in [6, 6.07) is 0. The van der Waals surface area contributed by atoms with E-state index >= 15 is 0 Å². The van der Waals surface area contributed by atoms with Gasteiger partial charge in [-0.25, -0.2) is 4.79 Å². The van der Waals surface area contributed by atoms with E-state index < -0.39 is 12.1 Å². The molecule has 2 rings (SSSR count). The van der Waals surface area contributed by atoms with Crippen LogP contribution in [0.15, 0.2) is 0 Å². The minimum absolute atomic E-state index is 0.0671. The van der Waals surface area contributed by atoms with E-state index in [1.807, 2.05) is 0 Å². The summed E-state index contributed by atoms with van der Waals surface area (Å²) in [5, 5.41) is 8.74. The molecular weight excluding hydrogens is 212 g/mol. The molecule has 2 heterocycles. The van der Waals surface area contributed by atoms with Gasteiger partial charge in [-0.1, -0.05) is 0 Å². The monoisotopic (exact) mass is 230 g/mol. The van der Waals surface area contributed by atoms with Gasteiger partial charge < -0.3 is 19.3 Å². The van der Waals surface area contributed by atoms with Crippen LogP contribution in [0.1, 0.15) is 25.7 Å². The van der Waals surface area contributed by atoms with Crippen molar-refractivity contribution in [3.63, 3.8) is 0 Å². The van der Waals surface area contributed by atoms with E-state index in [9.17, 15) is 4.79 Å². The van der Waals surface area contributed by atoms with E-state index in [-0.39, 0.29) is 12.2 Å². The van der Waals surface area contributed by atoms with Crippen LogP contribution in [0.5, 0.6) is 0 Å². The summed E-state index contributed by atoms with van der Waals surface area (Å²) < 4.78 is 16.2. The second-order valence-corrected chi connectivity index (χ2v) is 4.33. The van der Waals surface area contributed by atoms with Gasteiger partial charge in [0.1, 0.15) is 0 Å². The van der Waals surface area contributed by atoms with E-state index in [2.05, 4.69) is 0 Å². The van der Waals surface area contributed by atoms with E-state index in [0.29, 0.717) is 19.6 Å². The number of carbonyl (C=O) groups is 1. The van der Waals surface area contributed by atoms with Gasteiger partial charge in [0.15, 0.2) is 6.10 Å². The molecule has 0 aliphatic carbocycles. The zero-order valence-electron chi connectivity index (χ0n) is 9.26. The van der Waals surface area contributed by atoms with Gasteiger partial charge in [0.05, 0.1) is 25.4 Å². The highest BCUT2D eigenvalue weighted by atomic mass is 16.6. The number of hydrogen-bond donors (Lipinski definition) is 1. The fourth-order valence-corrected chi connectivity index (χ4v) is 2.12. The minimum atomic E-state index is -0.873. The summed E-state index contributed by atoms with van der Waals surface area (Å²) in [5.74, 6) is -0.873. The third-order valence-corrected chi connectivity index (χ3v) is 3.01. The van der Waals surface area contributed by atoms with Crippen molar-refractivity contribution in [2.75, 3.05) is 19.8 Å². The minimum Gasteiger partial charge on any atom is -0.479 e. The SMILES string of the molecule is O=C(O)C1CCC(COCC2CCCO2)O1. The fraction of sp³-hybridized carbons (Fsp3) is 0.909. The molecular formula is C11H18O5. The van der Waals surface area contributed by atoms with Gasteiger partial charge in [0.25, 0.3) is 0 Å². The summed E-state index contributed by atoms with van der Waals surface area (Å²) in [7, 11) is 0. The lowest BCUT2D eigenvalue weighted by molar-refractivity contribution is -0.150. The van der Waals surface area contributed by atoms with Crippen molar-refractivity contribution in [2.24, 2.45) is 0 Å². The number of hydrogen-bond acceptors (Lipinski definition) is 4. The van der Waals surface area contributed by atoms with Gasteiger partial charge in [0, 0.05) is 6.61 Å². The molecule has 0 aromatic carbocycles. The summed E-state index contributed by atoms with van der Waals surface area (Å²) in [5.41, 5.74) is 0. The topological polar surface area (TPSA) is 65.0 Å². The number of carboxylic acid groups (broad SMARTS) is 1. The number of rotatable bonds is 5. The number of ether oxygens (including phenoxy) is 3. The lowest BCUT2D eigenvalue weighted by atomic mass is 10.2. The third-order valence-electron chi connectivity index (χ3n) is 3.01.